The zero-order valence-corrected chi connectivity index (χ0v) is 14.7. The first-order chi connectivity index (χ1) is 12.9. The Morgan fingerprint density at radius 2 is 1.85 bits per heavy atom. The van der Waals surface area contributed by atoms with Crippen LogP contribution in [-0.4, -0.2) is 29.1 Å². The number of hydroxylamine groups is 1. The molecule has 0 aliphatic carbocycles. The van der Waals surface area contributed by atoms with E-state index in [4.69, 9.17) is 5.21 Å². The number of hydrogen-bond acceptors (Lipinski definition) is 5. The van der Waals surface area contributed by atoms with Gasteiger partial charge in [-0.3, -0.25) is 19.5 Å². The van der Waals surface area contributed by atoms with Crippen LogP contribution in [0.5, 0.6) is 0 Å². The number of amides is 1. The molecule has 3 aromatic rings. The number of nitrogens with one attached hydrogen (secondary N) is 1. The number of hydrogen-bond donors (Lipinski definition) is 3. The van der Waals surface area contributed by atoms with E-state index in [1.54, 1.807) is 42.6 Å². The molecule has 9 heteroatoms. The molecular weight excluding hydrogens is 370 g/mol. The minimum Gasteiger partial charge on any atom is -0.288 e. The van der Waals surface area contributed by atoms with Crippen molar-refractivity contribution in [3.8, 4) is 0 Å². The van der Waals surface area contributed by atoms with Gasteiger partial charge in [0.1, 0.15) is 0 Å². The average Bonchev–Trinajstić information content (AvgIpc) is 2.65. The van der Waals surface area contributed by atoms with Crippen LogP contribution in [-0.2, 0) is 15.1 Å². The van der Waals surface area contributed by atoms with E-state index in [0.717, 1.165) is 10.4 Å². The second-order valence-electron chi connectivity index (χ2n) is 5.53. The lowest BCUT2D eigenvalue weighted by Gasteiger charge is -2.21. The van der Waals surface area contributed by atoms with Crippen molar-refractivity contribution >= 4 is 44.6 Å². The van der Waals surface area contributed by atoms with E-state index in [-0.39, 0.29) is 11.4 Å². The third-order valence-electron chi connectivity index (χ3n) is 3.69. The second-order valence-corrected chi connectivity index (χ2v) is 6.79. The standard InChI is InChI=1S/C18H15N3O5S/c22-18(20-23)9-6-13-3-1-5-15(11-13)21(27(24,25)26)16-7-8-17-14(12-16)4-2-10-19-17/h1-12,23H,(H,20,22)(H,24,25,26)/b9-6+. The maximum Gasteiger partial charge on any atom is 0.364 e. The smallest absolute Gasteiger partial charge is 0.288 e. The van der Waals surface area contributed by atoms with Crippen molar-refractivity contribution in [2.75, 3.05) is 4.31 Å². The maximum atomic E-state index is 12.0. The largest absolute Gasteiger partial charge is 0.364 e. The van der Waals surface area contributed by atoms with Crippen molar-refractivity contribution in [1.29, 1.82) is 0 Å². The van der Waals surface area contributed by atoms with E-state index >= 15 is 0 Å². The number of rotatable bonds is 5. The van der Waals surface area contributed by atoms with Crippen molar-refractivity contribution in [2.45, 2.75) is 0 Å². The zero-order chi connectivity index (χ0) is 19.4. The summed E-state index contributed by atoms with van der Waals surface area (Å²) < 4.78 is 34.6. The van der Waals surface area contributed by atoms with Crippen molar-refractivity contribution in [1.82, 2.24) is 10.5 Å². The van der Waals surface area contributed by atoms with Gasteiger partial charge in [-0.2, -0.15) is 8.42 Å². The summed E-state index contributed by atoms with van der Waals surface area (Å²) in [6.07, 6.45) is 4.10. The third kappa shape index (κ3) is 4.29. The molecule has 0 fully saturated rings. The Bertz CT molecular complexity index is 1130. The van der Waals surface area contributed by atoms with Gasteiger partial charge >= 0.3 is 10.3 Å². The van der Waals surface area contributed by atoms with Gasteiger partial charge in [-0.1, -0.05) is 18.2 Å². The number of carbonyl (C=O) groups is 1. The van der Waals surface area contributed by atoms with E-state index in [0.29, 0.717) is 16.5 Å². The third-order valence-corrected chi connectivity index (χ3v) is 4.58. The van der Waals surface area contributed by atoms with Crippen LogP contribution in [0.25, 0.3) is 17.0 Å². The lowest BCUT2D eigenvalue weighted by molar-refractivity contribution is -0.124. The molecule has 0 bridgehead atoms. The number of benzene rings is 2. The molecule has 27 heavy (non-hydrogen) atoms. The summed E-state index contributed by atoms with van der Waals surface area (Å²) in [5.41, 5.74) is 3.04. The molecule has 0 aliphatic rings. The number of anilines is 2. The van der Waals surface area contributed by atoms with Gasteiger partial charge < -0.3 is 0 Å². The minimum absolute atomic E-state index is 0.173. The Balaban J connectivity index is 2.08. The van der Waals surface area contributed by atoms with Crippen LogP contribution in [0.2, 0.25) is 0 Å². The van der Waals surface area contributed by atoms with Gasteiger partial charge in [0.2, 0.25) is 0 Å². The maximum absolute atomic E-state index is 12.0. The number of carbonyl (C=O) groups excluding carboxylic acids is 1. The van der Waals surface area contributed by atoms with Gasteiger partial charge in [-0.05, 0) is 48.0 Å². The van der Waals surface area contributed by atoms with E-state index in [1.165, 1.54) is 29.8 Å². The van der Waals surface area contributed by atoms with Crippen LogP contribution in [0, 0.1) is 0 Å². The summed E-state index contributed by atoms with van der Waals surface area (Å²) in [4.78, 5) is 15.3. The molecule has 1 heterocycles. The average molecular weight is 385 g/mol. The molecule has 0 radical (unpaired) electrons. The van der Waals surface area contributed by atoms with E-state index in [9.17, 15) is 17.8 Å². The Labute approximate surface area is 155 Å². The second kappa shape index (κ2) is 7.54. The first-order valence-corrected chi connectivity index (χ1v) is 9.13. The quantitative estimate of drug-likeness (QED) is 0.269. The van der Waals surface area contributed by atoms with Gasteiger partial charge in [0.25, 0.3) is 5.91 Å². The lowest BCUT2D eigenvalue weighted by Crippen LogP contribution is -2.25. The predicted octanol–water partition coefficient (Wildman–Crippen LogP) is 2.69. The van der Waals surface area contributed by atoms with Gasteiger partial charge in [-0.15, -0.1) is 0 Å². The van der Waals surface area contributed by atoms with Crippen molar-refractivity contribution in [3.63, 3.8) is 0 Å². The normalized spacial score (nSPS) is 11.6. The van der Waals surface area contributed by atoms with Gasteiger partial charge in [0.05, 0.1) is 16.9 Å². The van der Waals surface area contributed by atoms with Crippen molar-refractivity contribution < 1.29 is 23.0 Å². The van der Waals surface area contributed by atoms with Gasteiger partial charge in [-0.25, -0.2) is 9.79 Å². The molecule has 138 valence electrons. The van der Waals surface area contributed by atoms with Gasteiger partial charge in [0.15, 0.2) is 0 Å². The predicted molar refractivity (Wildman–Crippen MR) is 101 cm³/mol. The fourth-order valence-corrected chi connectivity index (χ4v) is 3.33. The summed E-state index contributed by atoms with van der Waals surface area (Å²) in [6, 6.07) is 14.5. The summed E-state index contributed by atoms with van der Waals surface area (Å²) in [5, 5.41) is 9.23. The highest BCUT2D eigenvalue weighted by molar-refractivity contribution is 7.87. The number of nitrogens with zero attached hydrogens (tertiary/aromatic N) is 2. The Morgan fingerprint density at radius 3 is 2.59 bits per heavy atom. The topological polar surface area (TPSA) is 120 Å². The molecule has 1 aromatic heterocycles. The van der Waals surface area contributed by atoms with Crippen LogP contribution >= 0.6 is 0 Å². The molecule has 1 amide bonds. The van der Waals surface area contributed by atoms with E-state index in [1.807, 2.05) is 0 Å². The van der Waals surface area contributed by atoms with Crippen LogP contribution in [0.15, 0.2) is 66.9 Å². The minimum atomic E-state index is -4.62. The molecule has 3 N–H and O–H groups in total. The fraction of sp³-hybridized carbons (Fsp3) is 0. The highest BCUT2D eigenvalue weighted by atomic mass is 32.2. The molecule has 0 aliphatic heterocycles. The monoisotopic (exact) mass is 385 g/mol. The van der Waals surface area contributed by atoms with Gasteiger partial charge in [0, 0.05) is 17.7 Å². The highest BCUT2D eigenvalue weighted by Crippen LogP contribution is 2.31. The molecule has 0 spiro atoms. The molecular formula is C18H15N3O5S. The number of pyridine rings is 1. The first kappa shape index (κ1) is 18.5. The first-order valence-electron chi connectivity index (χ1n) is 7.73. The summed E-state index contributed by atoms with van der Waals surface area (Å²) >= 11 is 0. The van der Waals surface area contributed by atoms with E-state index in [2.05, 4.69) is 4.98 Å². The Kier molecular flexibility index (Phi) is 5.17. The van der Waals surface area contributed by atoms with Crippen molar-refractivity contribution in [2.24, 2.45) is 0 Å². The molecule has 0 atom stereocenters. The van der Waals surface area contributed by atoms with E-state index < -0.39 is 16.2 Å². The summed E-state index contributed by atoms with van der Waals surface area (Å²) in [5.74, 6) is -0.728. The molecule has 0 saturated heterocycles. The van der Waals surface area contributed by atoms with Crippen LogP contribution < -0.4 is 9.79 Å². The molecule has 2 aromatic carbocycles. The molecule has 8 nitrogen and oxygen atoms in total. The zero-order valence-electron chi connectivity index (χ0n) is 13.9. The number of fused-ring (bicyclic) bond motifs is 1. The summed E-state index contributed by atoms with van der Waals surface area (Å²) in [6.45, 7) is 0. The highest BCUT2D eigenvalue weighted by Gasteiger charge is 2.22. The Hall–Kier alpha value is -3.27. The summed E-state index contributed by atoms with van der Waals surface area (Å²) in [7, 11) is -4.62. The molecule has 3 rings (SSSR count). The van der Waals surface area contributed by atoms with Crippen LogP contribution in [0.4, 0.5) is 11.4 Å². The SMILES string of the molecule is O=C(/C=C/c1cccc(N(c2ccc3ncccc3c2)S(=O)(=O)O)c1)NO. The number of aromatic nitrogens is 1. The van der Waals surface area contributed by atoms with Crippen LogP contribution in [0.1, 0.15) is 5.56 Å². The van der Waals surface area contributed by atoms with Crippen molar-refractivity contribution in [3.05, 3.63) is 72.4 Å². The molecule has 0 saturated carbocycles. The van der Waals surface area contributed by atoms with Crippen LogP contribution in [0.3, 0.4) is 0 Å². The molecule has 0 unspecified atom stereocenters. The lowest BCUT2D eigenvalue weighted by atomic mass is 10.1. The Morgan fingerprint density at radius 1 is 1.07 bits per heavy atom. The fourth-order valence-electron chi connectivity index (χ4n) is 2.57.